The maximum absolute atomic E-state index is 12.9. The summed E-state index contributed by atoms with van der Waals surface area (Å²) in [7, 11) is 0. The summed E-state index contributed by atoms with van der Waals surface area (Å²) in [6.45, 7) is 0. The maximum Gasteiger partial charge on any atom is 0.314 e. The Kier molecular flexibility index (Phi) is 3.09. The van der Waals surface area contributed by atoms with Gasteiger partial charge in [0.15, 0.2) is 0 Å². The Labute approximate surface area is 101 Å². The summed E-state index contributed by atoms with van der Waals surface area (Å²) in [6, 6.07) is 8.69. The van der Waals surface area contributed by atoms with Gasteiger partial charge in [0.2, 0.25) is 5.75 Å². The first-order chi connectivity index (χ1) is 8.56. The van der Waals surface area contributed by atoms with Crippen LogP contribution in [0.15, 0.2) is 42.5 Å². The molecule has 0 aromatic heterocycles. The zero-order valence-corrected chi connectivity index (χ0v) is 9.04. The van der Waals surface area contributed by atoms with E-state index in [1.165, 1.54) is 30.3 Å². The van der Waals surface area contributed by atoms with Crippen LogP contribution in [0.25, 0.3) is 0 Å². The maximum atomic E-state index is 12.9. The number of phenolic OH excluding ortho intramolecular Hbond substituents is 1. The Balaban J connectivity index is 2.34. The second kappa shape index (κ2) is 4.70. The number of nitrogens with zero attached hydrogens (tertiary/aromatic N) is 1. The summed E-state index contributed by atoms with van der Waals surface area (Å²) < 4.78 is 18.2. The Morgan fingerprint density at radius 2 is 1.83 bits per heavy atom. The molecule has 2 aromatic rings. The van der Waals surface area contributed by atoms with E-state index in [1.54, 1.807) is 0 Å². The quantitative estimate of drug-likeness (QED) is 0.669. The molecule has 92 valence electrons. The standard InChI is InChI=1S/C12H8FNO4/c13-8-1-6-12(11(7-8)14(16)17)18-10-4-2-9(15)3-5-10/h1-7,15H. The van der Waals surface area contributed by atoms with Crippen LogP contribution in [0.2, 0.25) is 0 Å². The van der Waals surface area contributed by atoms with E-state index in [-0.39, 0.29) is 11.5 Å². The van der Waals surface area contributed by atoms with Crippen molar-refractivity contribution in [1.82, 2.24) is 0 Å². The minimum Gasteiger partial charge on any atom is -0.508 e. The van der Waals surface area contributed by atoms with Gasteiger partial charge in [-0.2, -0.15) is 0 Å². The van der Waals surface area contributed by atoms with Gasteiger partial charge in [-0.15, -0.1) is 0 Å². The predicted octanol–water partition coefficient (Wildman–Crippen LogP) is 3.23. The number of nitro groups is 1. The first-order valence-electron chi connectivity index (χ1n) is 4.97. The van der Waals surface area contributed by atoms with Gasteiger partial charge in [0.1, 0.15) is 17.3 Å². The van der Waals surface area contributed by atoms with Crippen LogP contribution in [0.4, 0.5) is 10.1 Å². The number of phenols is 1. The molecule has 0 amide bonds. The summed E-state index contributed by atoms with van der Waals surface area (Å²) in [5.74, 6) is -0.412. The highest BCUT2D eigenvalue weighted by Gasteiger charge is 2.16. The molecule has 0 spiro atoms. The summed E-state index contributed by atoms with van der Waals surface area (Å²) in [4.78, 5) is 10.0. The first kappa shape index (κ1) is 11.8. The number of aromatic hydroxyl groups is 1. The molecular formula is C12H8FNO4. The van der Waals surface area contributed by atoms with E-state index in [1.807, 2.05) is 0 Å². The van der Waals surface area contributed by atoms with Crippen molar-refractivity contribution in [1.29, 1.82) is 0 Å². The molecule has 0 aliphatic rings. The zero-order valence-electron chi connectivity index (χ0n) is 9.04. The highest BCUT2D eigenvalue weighted by molar-refractivity contribution is 5.48. The molecule has 6 heteroatoms. The van der Waals surface area contributed by atoms with Crippen molar-refractivity contribution >= 4 is 5.69 Å². The molecule has 2 rings (SSSR count). The molecule has 0 radical (unpaired) electrons. The molecule has 0 atom stereocenters. The zero-order chi connectivity index (χ0) is 13.1. The van der Waals surface area contributed by atoms with Crippen LogP contribution < -0.4 is 4.74 Å². The fraction of sp³-hybridized carbons (Fsp3) is 0. The molecule has 5 nitrogen and oxygen atoms in total. The minimum atomic E-state index is -0.723. The van der Waals surface area contributed by atoms with E-state index in [0.29, 0.717) is 5.75 Å². The average molecular weight is 249 g/mol. The van der Waals surface area contributed by atoms with Crippen LogP contribution in [0.1, 0.15) is 0 Å². The number of hydrogen-bond acceptors (Lipinski definition) is 4. The van der Waals surface area contributed by atoms with E-state index in [0.717, 1.165) is 12.1 Å². The molecule has 18 heavy (non-hydrogen) atoms. The van der Waals surface area contributed by atoms with Crippen LogP contribution in [-0.2, 0) is 0 Å². The van der Waals surface area contributed by atoms with Crippen LogP contribution in [0.3, 0.4) is 0 Å². The van der Waals surface area contributed by atoms with Gasteiger partial charge in [-0.1, -0.05) is 0 Å². The fourth-order valence-electron chi connectivity index (χ4n) is 1.36. The highest BCUT2D eigenvalue weighted by Crippen LogP contribution is 2.32. The highest BCUT2D eigenvalue weighted by atomic mass is 19.1. The van der Waals surface area contributed by atoms with Gasteiger partial charge in [0, 0.05) is 0 Å². The molecule has 0 fully saturated rings. The van der Waals surface area contributed by atoms with Crippen molar-refractivity contribution in [3.05, 3.63) is 58.4 Å². The van der Waals surface area contributed by atoms with E-state index < -0.39 is 16.4 Å². The Morgan fingerprint density at radius 3 is 2.44 bits per heavy atom. The summed E-state index contributed by atoms with van der Waals surface area (Å²) >= 11 is 0. The van der Waals surface area contributed by atoms with Gasteiger partial charge in [-0.3, -0.25) is 10.1 Å². The third kappa shape index (κ3) is 2.54. The lowest BCUT2D eigenvalue weighted by Crippen LogP contribution is -1.94. The van der Waals surface area contributed by atoms with E-state index in [2.05, 4.69) is 0 Å². The normalized spacial score (nSPS) is 10.1. The number of ether oxygens (including phenoxy) is 1. The monoisotopic (exact) mass is 249 g/mol. The van der Waals surface area contributed by atoms with Crippen LogP contribution >= 0.6 is 0 Å². The Hall–Kier alpha value is -2.63. The van der Waals surface area contributed by atoms with E-state index in [9.17, 15) is 14.5 Å². The van der Waals surface area contributed by atoms with Gasteiger partial charge in [0.05, 0.1) is 11.0 Å². The van der Waals surface area contributed by atoms with E-state index >= 15 is 0 Å². The number of nitro benzene ring substituents is 1. The van der Waals surface area contributed by atoms with Crippen molar-refractivity contribution in [2.45, 2.75) is 0 Å². The summed E-state index contributed by atoms with van der Waals surface area (Å²) in [5, 5.41) is 19.8. The van der Waals surface area contributed by atoms with Crippen molar-refractivity contribution in [2.24, 2.45) is 0 Å². The average Bonchev–Trinajstić information content (AvgIpc) is 2.34. The number of benzene rings is 2. The summed E-state index contributed by atoms with van der Waals surface area (Å²) in [6.07, 6.45) is 0. The predicted molar refractivity (Wildman–Crippen MR) is 61.2 cm³/mol. The van der Waals surface area contributed by atoms with Gasteiger partial charge in [0.25, 0.3) is 0 Å². The minimum absolute atomic E-state index is 0.0518. The molecule has 0 heterocycles. The number of hydrogen-bond donors (Lipinski definition) is 1. The molecular weight excluding hydrogens is 241 g/mol. The molecule has 0 unspecified atom stereocenters. The lowest BCUT2D eigenvalue weighted by atomic mass is 10.3. The SMILES string of the molecule is O=[N+]([O-])c1cc(F)ccc1Oc1ccc(O)cc1. The Morgan fingerprint density at radius 1 is 1.17 bits per heavy atom. The molecule has 0 saturated heterocycles. The second-order valence-corrected chi connectivity index (χ2v) is 3.47. The van der Waals surface area contributed by atoms with Gasteiger partial charge < -0.3 is 9.84 Å². The van der Waals surface area contributed by atoms with Gasteiger partial charge in [-0.05, 0) is 36.4 Å². The number of rotatable bonds is 3. The Bertz CT molecular complexity index is 583. The van der Waals surface area contributed by atoms with Crippen LogP contribution in [0.5, 0.6) is 17.2 Å². The van der Waals surface area contributed by atoms with Crippen LogP contribution in [0, 0.1) is 15.9 Å². The molecule has 1 N–H and O–H groups in total. The third-order valence-corrected chi connectivity index (χ3v) is 2.18. The van der Waals surface area contributed by atoms with Crippen molar-refractivity contribution in [2.75, 3.05) is 0 Å². The molecule has 0 saturated carbocycles. The topological polar surface area (TPSA) is 72.6 Å². The molecule has 0 aliphatic heterocycles. The fourth-order valence-corrected chi connectivity index (χ4v) is 1.36. The van der Waals surface area contributed by atoms with Crippen molar-refractivity contribution < 1.29 is 19.2 Å². The second-order valence-electron chi connectivity index (χ2n) is 3.47. The molecule has 2 aromatic carbocycles. The van der Waals surface area contributed by atoms with Gasteiger partial charge >= 0.3 is 5.69 Å². The number of halogens is 1. The lowest BCUT2D eigenvalue weighted by Gasteiger charge is -2.06. The smallest absolute Gasteiger partial charge is 0.314 e. The molecule has 0 bridgehead atoms. The summed E-state index contributed by atoms with van der Waals surface area (Å²) in [5.41, 5.74) is -0.455. The van der Waals surface area contributed by atoms with Crippen molar-refractivity contribution in [3.8, 4) is 17.2 Å². The van der Waals surface area contributed by atoms with E-state index in [4.69, 9.17) is 9.84 Å². The van der Waals surface area contributed by atoms with Crippen molar-refractivity contribution in [3.63, 3.8) is 0 Å². The lowest BCUT2D eigenvalue weighted by molar-refractivity contribution is -0.385. The third-order valence-electron chi connectivity index (χ3n) is 2.18. The van der Waals surface area contributed by atoms with Gasteiger partial charge in [-0.25, -0.2) is 4.39 Å². The van der Waals surface area contributed by atoms with Crippen LogP contribution in [-0.4, -0.2) is 10.0 Å². The molecule has 0 aliphatic carbocycles. The largest absolute Gasteiger partial charge is 0.508 e. The first-order valence-corrected chi connectivity index (χ1v) is 4.97.